The van der Waals surface area contributed by atoms with Gasteiger partial charge in [-0.2, -0.15) is 0 Å². The van der Waals surface area contributed by atoms with Crippen molar-refractivity contribution in [2.45, 2.75) is 53.1 Å². The van der Waals surface area contributed by atoms with Crippen molar-refractivity contribution < 1.29 is 4.52 Å². The number of nitrogens with one attached hydrogen (secondary N) is 1. The van der Waals surface area contributed by atoms with Crippen molar-refractivity contribution in [3.05, 3.63) is 17.5 Å². The van der Waals surface area contributed by atoms with Gasteiger partial charge in [0.2, 0.25) is 0 Å². The lowest BCUT2D eigenvalue weighted by Crippen LogP contribution is -2.31. The molecular weight excluding hydrogens is 200 g/mol. The second kappa shape index (κ2) is 4.21. The van der Waals surface area contributed by atoms with Crippen LogP contribution < -0.4 is 5.32 Å². The van der Waals surface area contributed by atoms with E-state index in [2.05, 4.69) is 31.2 Å². The maximum atomic E-state index is 5.06. The third kappa shape index (κ3) is 2.64. The molecule has 0 bridgehead atoms. The molecule has 1 N–H and O–H groups in total. The predicted octanol–water partition coefficient (Wildman–Crippen LogP) is 2.90. The van der Waals surface area contributed by atoms with E-state index in [0.717, 1.165) is 23.9 Å². The van der Waals surface area contributed by atoms with Gasteiger partial charge in [0.05, 0.1) is 5.69 Å². The van der Waals surface area contributed by atoms with Crippen molar-refractivity contribution in [3.63, 3.8) is 0 Å². The zero-order chi connectivity index (χ0) is 11.8. The zero-order valence-corrected chi connectivity index (χ0v) is 10.7. The van der Waals surface area contributed by atoms with Gasteiger partial charge in [-0.25, -0.2) is 0 Å². The van der Waals surface area contributed by atoms with Crippen molar-refractivity contribution in [2.75, 3.05) is 0 Å². The van der Waals surface area contributed by atoms with Crippen LogP contribution in [0.3, 0.4) is 0 Å². The molecule has 0 aliphatic heterocycles. The van der Waals surface area contributed by atoms with E-state index in [1.54, 1.807) is 0 Å². The lowest BCUT2D eigenvalue weighted by Gasteiger charge is -2.17. The molecule has 2 atom stereocenters. The van der Waals surface area contributed by atoms with Crippen LogP contribution >= 0.6 is 0 Å². The fourth-order valence-corrected chi connectivity index (χ4v) is 2.90. The molecule has 16 heavy (non-hydrogen) atoms. The smallest absolute Gasteiger partial charge is 0.133 e. The molecular formula is C13H22N2O. The molecule has 0 aromatic carbocycles. The molecule has 90 valence electrons. The van der Waals surface area contributed by atoms with Gasteiger partial charge in [0.25, 0.3) is 0 Å². The molecule has 2 unspecified atom stereocenters. The van der Waals surface area contributed by atoms with Crippen molar-refractivity contribution in [1.82, 2.24) is 10.5 Å². The van der Waals surface area contributed by atoms with Crippen LogP contribution in [0.5, 0.6) is 0 Å². The number of nitrogens with zero attached hydrogens (tertiary/aromatic N) is 1. The van der Waals surface area contributed by atoms with Crippen molar-refractivity contribution >= 4 is 0 Å². The van der Waals surface area contributed by atoms with Gasteiger partial charge in [-0.05, 0) is 31.1 Å². The summed E-state index contributed by atoms with van der Waals surface area (Å²) < 4.78 is 5.06. The first-order chi connectivity index (χ1) is 7.46. The highest BCUT2D eigenvalue weighted by Crippen LogP contribution is 2.40. The number of hydrogen-bond donors (Lipinski definition) is 1. The molecule has 1 aromatic heterocycles. The first-order valence-electron chi connectivity index (χ1n) is 6.12. The van der Waals surface area contributed by atoms with Crippen LogP contribution in [0.25, 0.3) is 0 Å². The maximum Gasteiger partial charge on any atom is 0.133 e. The molecule has 1 heterocycles. The lowest BCUT2D eigenvalue weighted by atomic mass is 9.91. The monoisotopic (exact) mass is 222 g/mol. The summed E-state index contributed by atoms with van der Waals surface area (Å²) in [6.07, 6.45) is 2.56. The van der Waals surface area contributed by atoms with E-state index in [9.17, 15) is 0 Å². The Bertz CT molecular complexity index is 357. The van der Waals surface area contributed by atoms with Crippen LogP contribution in [-0.2, 0) is 6.54 Å². The molecule has 1 aromatic rings. The summed E-state index contributed by atoms with van der Waals surface area (Å²) in [4.78, 5) is 0. The first-order valence-corrected chi connectivity index (χ1v) is 6.12. The van der Waals surface area contributed by atoms with Crippen LogP contribution in [0.4, 0.5) is 0 Å². The summed E-state index contributed by atoms with van der Waals surface area (Å²) in [7, 11) is 0. The van der Waals surface area contributed by atoms with Gasteiger partial charge >= 0.3 is 0 Å². The summed E-state index contributed by atoms with van der Waals surface area (Å²) in [5, 5.41) is 7.59. The Kier molecular flexibility index (Phi) is 3.06. The van der Waals surface area contributed by atoms with Crippen molar-refractivity contribution in [2.24, 2.45) is 11.3 Å². The van der Waals surface area contributed by atoms with Crippen molar-refractivity contribution in [3.8, 4) is 0 Å². The predicted molar refractivity (Wildman–Crippen MR) is 64.0 cm³/mol. The molecule has 1 aliphatic carbocycles. The summed E-state index contributed by atoms with van der Waals surface area (Å²) in [5.41, 5.74) is 1.49. The normalized spacial score (nSPS) is 28.5. The summed E-state index contributed by atoms with van der Waals surface area (Å²) in [6, 6.07) is 2.62. The Morgan fingerprint density at radius 3 is 2.75 bits per heavy atom. The second-order valence-electron chi connectivity index (χ2n) is 5.97. The highest BCUT2D eigenvalue weighted by atomic mass is 16.5. The SMILES string of the molecule is Cc1cc(CNC2CC(C)(C)CC2C)no1. The number of hydrogen-bond acceptors (Lipinski definition) is 3. The van der Waals surface area contributed by atoms with E-state index < -0.39 is 0 Å². The van der Waals surface area contributed by atoms with E-state index >= 15 is 0 Å². The van der Waals surface area contributed by atoms with Crippen molar-refractivity contribution in [1.29, 1.82) is 0 Å². The Balaban J connectivity index is 1.87. The standard InChI is InChI=1S/C13H22N2O/c1-9-6-13(3,4)7-12(9)14-8-11-5-10(2)16-15-11/h5,9,12,14H,6-8H2,1-4H3. The lowest BCUT2D eigenvalue weighted by molar-refractivity contribution is 0.359. The summed E-state index contributed by atoms with van der Waals surface area (Å²) in [6.45, 7) is 9.79. The molecule has 0 amide bonds. The quantitative estimate of drug-likeness (QED) is 0.854. The second-order valence-corrected chi connectivity index (χ2v) is 5.97. The zero-order valence-electron chi connectivity index (χ0n) is 10.7. The first kappa shape index (κ1) is 11.6. The molecule has 1 saturated carbocycles. The van der Waals surface area contributed by atoms with Gasteiger partial charge in [0, 0.05) is 18.7 Å². The minimum Gasteiger partial charge on any atom is -0.361 e. The van der Waals surface area contributed by atoms with Crippen LogP contribution in [0.1, 0.15) is 45.1 Å². The van der Waals surface area contributed by atoms with E-state index in [4.69, 9.17) is 4.52 Å². The molecule has 0 spiro atoms. The molecule has 3 nitrogen and oxygen atoms in total. The largest absolute Gasteiger partial charge is 0.361 e. The van der Waals surface area contributed by atoms with Gasteiger partial charge in [-0.1, -0.05) is 25.9 Å². The minimum absolute atomic E-state index is 0.483. The Labute approximate surface area is 97.6 Å². The van der Waals surface area contributed by atoms with Crippen LogP contribution in [-0.4, -0.2) is 11.2 Å². The van der Waals surface area contributed by atoms with Gasteiger partial charge < -0.3 is 9.84 Å². The maximum absolute atomic E-state index is 5.06. The molecule has 3 heteroatoms. The highest BCUT2D eigenvalue weighted by Gasteiger charge is 2.36. The fourth-order valence-electron chi connectivity index (χ4n) is 2.90. The van der Waals surface area contributed by atoms with E-state index in [1.807, 2.05) is 13.0 Å². The summed E-state index contributed by atoms with van der Waals surface area (Å²) in [5.74, 6) is 1.64. The molecule has 0 saturated heterocycles. The number of aromatic nitrogens is 1. The van der Waals surface area contributed by atoms with Gasteiger partial charge in [0.15, 0.2) is 0 Å². The average molecular weight is 222 g/mol. The third-order valence-corrected chi connectivity index (χ3v) is 3.56. The van der Waals surface area contributed by atoms with Gasteiger partial charge in [0.1, 0.15) is 5.76 Å². The summed E-state index contributed by atoms with van der Waals surface area (Å²) >= 11 is 0. The Morgan fingerprint density at radius 2 is 2.25 bits per heavy atom. The molecule has 2 rings (SSSR count). The van der Waals surface area contributed by atoms with Gasteiger partial charge in [-0.3, -0.25) is 0 Å². The Hall–Kier alpha value is -0.830. The fraction of sp³-hybridized carbons (Fsp3) is 0.769. The minimum atomic E-state index is 0.483. The number of aryl methyl sites for hydroxylation is 1. The Morgan fingerprint density at radius 1 is 1.50 bits per heavy atom. The average Bonchev–Trinajstić information content (AvgIpc) is 2.67. The van der Waals surface area contributed by atoms with E-state index in [-0.39, 0.29) is 0 Å². The van der Waals surface area contributed by atoms with Crippen LogP contribution in [0.15, 0.2) is 10.6 Å². The van der Waals surface area contributed by atoms with Crippen LogP contribution in [0, 0.1) is 18.3 Å². The van der Waals surface area contributed by atoms with Crippen LogP contribution in [0.2, 0.25) is 0 Å². The third-order valence-electron chi connectivity index (χ3n) is 3.56. The molecule has 0 radical (unpaired) electrons. The van der Waals surface area contributed by atoms with Gasteiger partial charge in [-0.15, -0.1) is 0 Å². The number of rotatable bonds is 3. The van der Waals surface area contributed by atoms with E-state index in [0.29, 0.717) is 11.5 Å². The van der Waals surface area contributed by atoms with E-state index in [1.165, 1.54) is 12.8 Å². The highest BCUT2D eigenvalue weighted by molar-refractivity contribution is 5.03. The topological polar surface area (TPSA) is 38.1 Å². The molecule has 1 aliphatic rings. The molecule has 1 fully saturated rings.